The number of ketones is 1. The van der Waals surface area contributed by atoms with Crippen molar-refractivity contribution in [3.05, 3.63) is 82.9 Å². The molecule has 1 unspecified atom stereocenters. The van der Waals surface area contributed by atoms with Gasteiger partial charge in [0.1, 0.15) is 5.78 Å². The molecule has 0 aromatic heterocycles. The van der Waals surface area contributed by atoms with E-state index in [0.717, 1.165) is 17.5 Å². The van der Waals surface area contributed by atoms with Gasteiger partial charge in [0.2, 0.25) is 0 Å². The Labute approximate surface area is 133 Å². The summed E-state index contributed by atoms with van der Waals surface area (Å²) in [5.74, 6) is 0.225. The first-order valence-electron chi connectivity index (χ1n) is 7.83. The van der Waals surface area contributed by atoms with E-state index >= 15 is 0 Å². The van der Waals surface area contributed by atoms with E-state index in [-0.39, 0.29) is 11.7 Å². The molecule has 0 spiro atoms. The van der Waals surface area contributed by atoms with Crippen LogP contribution in [0.25, 0.3) is 0 Å². The molecule has 1 atom stereocenters. The lowest BCUT2D eigenvalue weighted by molar-refractivity contribution is -0.119. The summed E-state index contributed by atoms with van der Waals surface area (Å²) in [5, 5.41) is 0. The molecule has 0 saturated carbocycles. The summed E-state index contributed by atoms with van der Waals surface area (Å²) in [6.07, 6.45) is 3.43. The fourth-order valence-electron chi connectivity index (χ4n) is 2.53. The average Bonchev–Trinajstić information content (AvgIpc) is 2.50. The number of benzene rings is 2. The molecule has 0 aliphatic heterocycles. The predicted molar refractivity (Wildman–Crippen MR) is 93.1 cm³/mol. The largest absolute Gasteiger partial charge is 0.299 e. The minimum Gasteiger partial charge on any atom is -0.299 e. The summed E-state index contributed by atoms with van der Waals surface area (Å²) in [5.41, 5.74) is 4.68. The van der Waals surface area contributed by atoms with E-state index in [1.165, 1.54) is 11.1 Å². The molecule has 0 saturated heterocycles. The zero-order chi connectivity index (χ0) is 15.9. The van der Waals surface area contributed by atoms with Gasteiger partial charge in [-0.1, -0.05) is 71.8 Å². The Kier molecular flexibility index (Phi) is 5.71. The van der Waals surface area contributed by atoms with Gasteiger partial charge in [-0.2, -0.15) is 0 Å². The van der Waals surface area contributed by atoms with Crippen LogP contribution in [0.4, 0.5) is 0 Å². The Morgan fingerprint density at radius 2 is 1.64 bits per heavy atom. The number of hydrogen-bond donors (Lipinski definition) is 0. The zero-order valence-corrected chi connectivity index (χ0v) is 13.7. The van der Waals surface area contributed by atoms with Crippen LogP contribution in [0.15, 0.2) is 66.2 Å². The topological polar surface area (TPSA) is 17.1 Å². The van der Waals surface area contributed by atoms with E-state index < -0.39 is 0 Å². The molecule has 0 fully saturated rings. The van der Waals surface area contributed by atoms with E-state index in [9.17, 15) is 4.79 Å². The SMILES string of the molecule is CC(C)=CCC(C(=O)Cc1ccccc1)c1ccc(C)cc1. The predicted octanol–water partition coefficient (Wildman–Crippen LogP) is 5.25. The lowest BCUT2D eigenvalue weighted by Crippen LogP contribution is -2.15. The van der Waals surface area contributed by atoms with Crippen molar-refractivity contribution in [1.29, 1.82) is 0 Å². The Morgan fingerprint density at radius 1 is 1.00 bits per heavy atom. The average molecular weight is 292 g/mol. The monoisotopic (exact) mass is 292 g/mol. The first-order chi connectivity index (χ1) is 10.6. The second-order valence-corrected chi connectivity index (χ2v) is 6.11. The number of allylic oxidation sites excluding steroid dienone is 2. The third-order valence-corrected chi connectivity index (χ3v) is 3.85. The van der Waals surface area contributed by atoms with Crippen molar-refractivity contribution in [2.75, 3.05) is 0 Å². The molecule has 0 N–H and O–H groups in total. The minimum atomic E-state index is -0.0595. The van der Waals surface area contributed by atoms with Gasteiger partial charge in [0, 0.05) is 12.3 Å². The first-order valence-corrected chi connectivity index (χ1v) is 7.83. The molecule has 0 aliphatic carbocycles. The third-order valence-electron chi connectivity index (χ3n) is 3.85. The van der Waals surface area contributed by atoms with Crippen molar-refractivity contribution in [3.63, 3.8) is 0 Å². The van der Waals surface area contributed by atoms with Crippen molar-refractivity contribution in [2.45, 2.75) is 39.5 Å². The van der Waals surface area contributed by atoms with Crippen LogP contribution in [0.1, 0.15) is 42.9 Å². The number of hydrogen-bond acceptors (Lipinski definition) is 1. The fourth-order valence-corrected chi connectivity index (χ4v) is 2.53. The van der Waals surface area contributed by atoms with Gasteiger partial charge in [0.05, 0.1) is 0 Å². The highest BCUT2D eigenvalue weighted by Crippen LogP contribution is 2.24. The Morgan fingerprint density at radius 3 is 2.23 bits per heavy atom. The summed E-state index contributed by atoms with van der Waals surface area (Å²) in [6.45, 7) is 6.22. The second-order valence-electron chi connectivity index (χ2n) is 6.11. The summed E-state index contributed by atoms with van der Waals surface area (Å²) in [4.78, 5) is 12.8. The quantitative estimate of drug-likeness (QED) is 0.665. The molecule has 0 radical (unpaired) electrons. The van der Waals surface area contributed by atoms with E-state index in [1.54, 1.807) is 0 Å². The highest BCUT2D eigenvalue weighted by molar-refractivity contribution is 5.87. The Bertz CT molecular complexity index is 631. The maximum absolute atomic E-state index is 12.8. The van der Waals surface area contributed by atoms with Crippen LogP contribution >= 0.6 is 0 Å². The van der Waals surface area contributed by atoms with Gasteiger partial charge in [0.25, 0.3) is 0 Å². The lowest BCUT2D eigenvalue weighted by atomic mass is 9.87. The molecule has 0 heterocycles. The van der Waals surface area contributed by atoms with Gasteiger partial charge >= 0.3 is 0 Å². The normalized spacial score (nSPS) is 11.8. The van der Waals surface area contributed by atoms with Crippen LogP contribution in [-0.4, -0.2) is 5.78 Å². The number of aryl methyl sites for hydroxylation is 1. The van der Waals surface area contributed by atoms with Crippen molar-refractivity contribution in [3.8, 4) is 0 Å². The molecule has 22 heavy (non-hydrogen) atoms. The number of carbonyl (C=O) groups excluding carboxylic acids is 1. The highest BCUT2D eigenvalue weighted by atomic mass is 16.1. The number of rotatable bonds is 6. The Hall–Kier alpha value is -2.15. The van der Waals surface area contributed by atoms with E-state index in [1.807, 2.05) is 30.3 Å². The highest BCUT2D eigenvalue weighted by Gasteiger charge is 2.19. The smallest absolute Gasteiger partial charge is 0.145 e. The van der Waals surface area contributed by atoms with Crippen molar-refractivity contribution in [2.24, 2.45) is 0 Å². The van der Waals surface area contributed by atoms with Crippen LogP contribution < -0.4 is 0 Å². The summed E-state index contributed by atoms with van der Waals surface area (Å²) < 4.78 is 0. The van der Waals surface area contributed by atoms with Gasteiger partial charge in [-0.15, -0.1) is 0 Å². The van der Waals surface area contributed by atoms with E-state index in [2.05, 4.69) is 51.1 Å². The van der Waals surface area contributed by atoms with Gasteiger partial charge < -0.3 is 0 Å². The third kappa shape index (κ3) is 4.70. The van der Waals surface area contributed by atoms with Gasteiger partial charge in [0.15, 0.2) is 0 Å². The van der Waals surface area contributed by atoms with Crippen molar-refractivity contribution < 1.29 is 4.79 Å². The Balaban J connectivity index is 2.21. The van der Waals surface area contributed by atoms with E-state index in [4.69, 9.17) is 0 Å². The maximum Gasteiger partial charge on any atom is 0.145 e. The molecule has 114 valence electrons. The molecule has 0 aliphatic rings. The summed E-state index contributed by atoms with van der Waals surface area (Å²) >= 11 is 0. The molecule has 1 heteroatoms. The standard InChI is InChI=1S/C21H24O/c1-16(2)9-14-20(19-12-10-17(3)11-13-19)21(22)15-18-7-5-4-6-8-18/h4-13,20H,14-15H2,1-3H3. The molecular formula is C21H24O. The fraction of sp³-hybridized carbons (Fsp3) is 0.286. The van der Waals surface area contributed by atoms with Crippen molar-refractivity contribution >= 4 is 5.78 Å². The van der Waals surface area contributed by atoms with Crippen LogP contribution in [0.5, 0.6) is 0 Å². The van der Waals surface area contributed by atoms with Crippen LogP contribution in [-0.2, 0) is 11.2 Å². The molecule has 2 aromatic carbocycles. The molecular weight excluding hydrogens is 268 g/mol. The molecule has 2 rings (SSSR count). The molecule has 0 amide bonds. The maximum atomic E-state index is 12.8. The second kappa shape index (κ2) is 7.74. The van der Waals surface area contributed by atoms with Gasteiger partial charge in [-0.05, 0) is 38.3 Å². The zero-order valence-electron chi connectivity index (χ0n) is 13.7. The molecule has 2 aromatic rings. The van der Waals surface area contributed by atoms with Crippen LogP contribution in [0, 0.1) is 6.92 Å². The summed E-state index contributed by atoms with van der Waals surface area (Å²) in [6, 6.07) is 18.3. The van der Waals surface area contributed by atoms with Gasteiger partial charge in [-0.3, -0.25) is 4.79 Å². The summed E-state index contributed by atoms with van der Waals surface area (Å²) in [7, 11) is 0. The van der Waals surface area contributed by atoms with E-state index in [0.29, 0.717) is 6.42 Å². The van der Waals surface area contributed by atoms with Gasteiger partial charge in [-0.25, -0.2) is 0 Å². The number of Topliss-reactive ketones (excluding diaryl/α,β-unsaturated/α-hetero) is 1. The molecule has 1 nitrogen and oxygen atoms in total. The van der Waals surface area contributed by atoms with Crippen LogP contribution in [0.3, 0.4) is 0 Å². The van der Waals surface area contributed by atoms with Crippen LogP contribution in [0.2, 0.25) is 0 Å². The molecule has 0 bridgehead atoms. The number of carbonyl (C=O) groups is 1. The first kappa shape index (κ1) is 16.2. The van der Waals surface area contributed by atoms with Crippen molar-refractivity contribution in [1.82, 2.24) is 0 Å². The lowest BCUT2D eigenvalue weighted by Gasteiger charge is -2.15. The minimum absolute atomic E-state index is 0.0595.